The summed E-state index contributed by atoms with van der Waals surface area (Å²) in [7, 11) is 3.19. The number of nitrogens with one attached hydrogen (secondary N) is 1. The topological polar surface area (TPSA) is 91.5 Å². The first kappa shape index (κ1) is 18.4. The van der Waals surface area contributed by atoms with Crippen molar-refractivity contribution in [3.8, 4) is 23.0 Å². The number of fused-ring (bicyclic) bond motifs is 1. The molecule has 0 saturated carbocycles. The molecule has 7 nitrogen and oxygen atoms in total. The first-order valence-corrected chi connectivity index (χ1v) is 8.93. The van der Waals surface area contributed by atoms with E-state index in [4.69, 9.17) is 19.9 Å². The molecule has 146 valence electrons. The van der Waals surface area contributed by atoms with E-state index in [1.165, 1.54) is 6.33 Å². The summed E-state index contributed by atoms with van der Waals surface area (Å²) in [6, 6.07) is 18.5. The highest BCUT2D eigenvalue weighted by atomic mass is 16.5. The van der Waals surface area contributed by atoms with E-state index in [1.54, 1.807) is 26.4 Å². The Bertz CT molecular complexity index is 1130. The normalized spacial score (nSPS) is 10.6. The van der Waals surface area contributed by atoms with Gasteiger partial charge in [0.15, 0.2) is 11.5 Å². The van der Waals surface area contributed by atoms with Crippen LogP contribution >= 0.6 is 0 Å². The summed E-state index contributed by atoms with van der Waals surface area (Å²) in [6.07, 6.45) is 1.51. The Morgan fingerprint density at radius 3 is 2.07 bits per heavy atom. The van der Waals surface area contributed by atoms with Gasteiger partial charge in [-0.1, -0.05) is 0 Å². The third kappa shape index (κ3) is 3.98. The minimum Gasteiger partial charge on any atom is -0.493 e. The number of nitrogen functional groups attached to an aromatic ring is 1. The van der Waals surface area contributed by atoms with Crippen LogP contribution in [0, 0.1) is 0 Å². The molecule has 0 aliphatic carbocycles. The molecule has 0 saturated heterocycles. The Labute approximate surface area is 168 Å². The summed E-state index contributed by atoms with van der Waals surface area (Å²) in [5.41, 5.74) is 8.01. The number of rotatable bonds is 6. The Morgan fingerprint density at radius 1 is 0.793 bits per heavy atom. The fourth-order valence-electron chi connectivity index (χ4n) is 2.90. The third-order valence-corrected chi connectivity index (χ3v) is 4.37. The number of anilines is 3. The van der Waals surface area contributed by atoms with Gasteiger partial charge in [-0.25, -0.2) is 9.97 Å². The van der Waals surface area contributed by atoms with Crippen molar-refractivity contribution in [2.75, 3.05) is 25.3 Å². The third-order valence-electron chi connectivity index (χ3n) is 4.37. The van der Waals surface area contributed by atoms with E-state index in [0.717, 1.165) is 28.1 Å². The number of nitrogens with zero attached hydrogens (tertiary/aromatic N) is 2. The predicted octanol–water partition coefficient (Wildman–Crippen LogP) is 4.77. The van der Waals surface area contributed by atoms with Gasteiger partial charge in [0.2, 0.25) is 0 Å². The Hall–Kier alpha value is -4.00. The van der Waals surface area contributed by atoms with Crippen LogP contribution in [0.3, 0.4) is 0 Å². The van der Waals surface area contributed by atoms with Gasteiger partial charge in [-0.05, 0) is 54.6 Å². The van der Waals surface area contributed by atoms with Crippen LogP contribution in [0.15, 0.2) is 67.0 Å². The van der Waals surface area contributed by atoms with E-state index < -0.39 is 0 Å². The molecule has 4 rings (SSSR count). The summed E-state index contributed by atoms with van der Waals surface area (Å²) < 4.78 is 16.6. The molecule has 0 unspecified atom stereocenters. The Balaban J connectivity index is 1.57. The summed E-state index contributed by atoms with van der Waals surface area (Å²) in [5.74, 6) is 3.35. The number of hydrogen-bond donors (Lipinski definition) is 2. The van der Waals surface area contributed by atoms with Crippen molar-refractivity contribution < 1.29 is 14.2 Å². The highest BCUT2D eigenvalue weighted by Crippen LogP contribution is 2.34. The van der Waals surface area contributed by atoms with Gasteiger partial charge in [0.05, 0.1) is 19.7 Å². The number of ether oxygens (including phenoxy) is 3. The summed E-state index contributed by atoms with van der Waals surface area (Å²) >= 11 is 0. The lowest BCUT2D eigenvalue weighted by Gasteiger charge is -2.12. The van der Waals surface area contributed by atoms with Gasteiger partial charge in [-0.3, -0.25) is 0 Å². The fraction of sp³-hybridized carbons (Fsp3) is 0.0909. The lowest BCUT2D eigenvalue weighted by atomic mass is 10.2. The first-order valence-electron chi connectivity index (χ1n) is 8.93. The van der Waals surface area contributed by atoms with E-state index in [1.807, 2.05) is 48.5 Å². The summed E-state index contributed by atoms with van der Waals surface area (Å²) in [5, 5.41) is 4.14. The van der Waals surface area contributed by atoms with Crippen LogP contribution in [0.1, 0.15) is 0 Å². The molecule has 0 atom stereocenters. The van der Waals surface area contributed by atoms with Crippen molar-refractivity contribution in [2.45, 2.75) is 0 Å². The van der Waals surface area contributed by atoms with Crippen molar-refractivity contribution in [1.29, 1.82) is 0 Å². The number of methoxy groups -OCH3 is 2. The lowest BCUT2D eigenvalue weighted by molar-refractivity contribution is 0.356. The zero-order valence-electron chi connectivity index (χ0n) is 16.0. The van der Waals surface area contributed by atoms with Gasteiger partial charge in [-0.15, -0.1) is 0 Å². The molecule has 29 heavy (non-hydrogen) atoms. The van der Waals surface area contributed by atoms with Crippen molar-refractivity contribution >= 4 is 28.1 Å². The van der Waals surface area contributed by atoms with Crippen molar-refractivity contribution in [2.24, 2.45) is 0 Å². The first-order chi connectivity index (χ1) is 14.2. The molecule has 3 aromatic carbocycles. The number of benzene rings is 3. The van der Waals surface area contributed by atoms with Crippen molar-refractivity contribution in [3.05, 3.63) is 67.0 Å². The molecule has 0 aliphatic rings. The molecule has 7 heteroatoms. The van der Waals surface area contributed by atoms with Crippen LogP contribution in [-0.4, -0.2) is 24.2 Å². The van der Waals surface area contributed by atoms with Crippen LogP contribution in [0.2, 0.25) is 0 Å². The minimum atomic E-state index is 0.616. The quantitative estimate of drug-likeness (QED) is 0.460. The average Bonchev–Trinajstić information content (AvgIpc) is 2.76. The number of aromatic nitrogens is 2. The number of hydrogen-bond acceptors (Lipinski definition) is 7. The van der Waals surface area contributed by atoms with E-state index in [9.17, 15) is 0 Å². The fourth-order valence-corrected chi connectivity index (χ4v) is 2.90. The van der Waals surface area contributed by atoms with E-state index in [-0.39, 0.29) is 0 Å². The maximum atomic E-state index is 5.83. The molecular weight excluding hydrogens is 368 g/mol. The maximum absolute atomic E-state index is 5.83. The second kappa shape index (κ2) is 7.93. The molecule has 0 fully saturated rings. The highest BCUT2D eigenvalue weighted by molar-refractivity contribution is 5.93. The average molecular weight is 388 g/mol. The van der Waals surface area contributed by atoms with Crippen LogP contribution in [0.4, 0.5) is 17.2 Å². The van der Waals surface area contributed by atoms with Crippen LogP contribution in [0.25, 0.3) is 10.9 Å². The van der Waals surface area contributed by atoms with Crippen molar-refractivity contribution in [1.82, 2.24) is 9.97 Å². The van der Waals surface area contributed by atoms with Crippen LogP contribution in [-0.2, 0) is 0 Å². The van der Waals surface area contributed by atoms with Crippen LogP contribution < -0.4 is 25.3 Å². The van der Waals surface area contributed by atoms with Gasteiger partial charge in [0, 0.05) is 22.8 Å². The molecule has 1 aromatic heterocycles. The van der Waals surface area contributed by atoms with Gasteiger partial charge < -0.3 is 25.3 Å². The second-order valence-electron chi connectivity index (χ2n) is 6.27. The predicted molar refractivity (Wildman–Crippen MR) is 113 cm³/mol. The van der Waals surface area contributed by atoms with Crippen molar-refractivity contribution in [3.63, 3.8) is 0 Å². The van der Waals surface area contributed by atoms with Gasteiger partial charge in [-0.2, -0.15) is 0 Å². The standard InChI is InChI=1S/C22H20N4O3/c1-27-20-11-18-19(12-21(20)28-2)24-13-25-22(18)26-15-5-9-17(10-6-15)29-16-7-3-14(23)4-8-16/h3-13H,23H2,1-2H3,(H,24,25,26). The minimum absolute atomic E-state index is 0.616. The lowest BCUT2D eigenvalue weighted by Crippen LogP contribution is -1.98. The maximum Gasteiger partial charge on any atom is 0.162 e. The van der Waals surface area contributed by atoms with Crippen LogP contribution in [0.5, 0.6) is 23.0 Å². The number of nitrogens with two attached hydrogens (primary N) is 1. The monoisotopic (exact) mass is 388 g/mol. The highest BCUT2D eigenvalue weighted by Gasteiger charge is 2.11. The largest absolute Gasteiger partial charge is 0.493 e. The summed E-state index contributed by atoms with van der Waals surface area (Å²) in [4.78, 5) is 8.69. The second-order valence-corrected chi connectivity index (χ2v) is 6.27. The SMILES string of the molecule is COc1cc2ncnc(Nc3ccc(Oc4ccc(N)cc4)cc3)c2cc1OC. The van der Waals surface area contributed by atoms with Gasteiger partial charge >= 0.3 is 0 Å². The molecule has 0 aliphatic heterocycles. The molecule has 0 radical (unpaired) electrons. The van der Waals surface area contributed by atoms with E-state index in [0.29, 0.717) is 23.0 Å². The molecule has 0 spiro atoms. The molecular formula is C22H20N4O3. The van der Waals surface area contributed by atoms with E-state index >= 15 is 0 Å². The molecule has 4 aromatic rings. The molecule has 3 N–H and O–H groups in total. The summed E-state index contributed by atoms with van der Waals surface area (Å²) in [6.45, 7) is 0. The smallest absolute Gasteiger partial charge is 0.162 e. The Kier molecular flexibility index (Phi) is 5.03. The van der Waals surface area contributed by atoms with Gasteiger partial charge in [0.1, 0.15) is 23.6 Å². The van der Waals surface area contributed by atoms with Gasteiger partial charge in [0.25, 0.3) is 0 Å². The molecule has 0 amide bonds. The zero-order chi connectivity index (χ0) is 20.2. The Morgan fingerprint density at radius 2 is 1.41 bits per heavy atom. The zero-order valence-corrected chi connectivity index (χ0v) is 16.0. The van der Waals surface area contributed by atoms with E-state index in [2.05, 4.69) is 15.3 Å². The molecule has 1 heterocycles. The molecule has 0 bridgehead atoms.